The van der Waals surface area contributed by atoms with E-state index in [4.69, 9.17) is 16.6 Å². The molecule has 2 bridgehead atoms. The summed E-state index contributed by atoms with van der Waals surface area (Å²) in [6, 6.07) is 13.3. The van der Waals surface area contributed by atoms with Crippen molar-refractivity contribution in [3.05, 3.63) is 53.7 Å². The van der Waals surface area contributed by atoms with Gasteiger partial charge in [-0.05, 0) is 30.7 Å². The van der Waals surface area contributed by atoms with Gasteiger partial charge in [-0.15, -0.1) is 0 Å². The van der Waals surface area contributed by atoms with Gasteiger partial charge in [0.05, 0.1) is 17.4 Å². The largest absolute Gasteiger partial charge is 0.366 e. The van der Waals surface area contributed by atoms with Crippen LogP contribution in [0, 0.1) is 0 Å². The van der Waals surface area contributed by atoms with Crippen LogP contribution in [-0.2, 0) is 7.05 Å². The van der Waals surface area contributed by atoms with E-state index in [1.165, 1.54) is 0 Å². The number of nitrogens with one attached hydrogen (secondary N) is 1. The molecule has 1 N–H and O–H groups in total. The molecule has 2 aromatic heterocycles. The highest BCUT2D eigenvalue weighted by Crippen LogP contribution is 2.40. The molecule has 28 heavy (non-hydrogen) atoms. The molecule has 2 aliphatic rings. The summed E-state index contributed by atoms with van der Waals surface area (Å²) in [7, 11) is 1.82. The monoisotopic (exact) mass is 394 g/mol. The molecule has 142 valence electrons. The fourth-order valence-electron chi connectivity index (χ4n) is 3.93. The van der Waals surface area contributed by atoms with Gasteiger partial charge in [0.15, 0.2) is 11.6 Å². The molecule has 0 radical (unpaired) electrons. The minimum Gasteiger partial charge on any atom is -0.366 e. The molecule has 1 atom stereocenters. The molecule has 8 heteroatoms. The third-order valence-electron chi connectivity index (χ3n) is 5.24. The van der Waals surface area contributed by atoms with Crippen molar-refractivity contribution in [2.45, 2.75) is 12.5 Å². The molecular weight excluding hydrogens is 376 g/mol. The number of benzene rings is 1. The van der Waals surface area contributed by atoms with E-state index in [9.17, 15) is 4.79 Å². The first-order valence-corrected chi connectivity index (χ1v) is 9.58. The topological polar surface area (TPSA) is 66.3 Å². The Morgan fingerprint density at radius 3 is 2.93 bits per heavy atom. The SMILES string of the molecule is Cn1ccc(NC(=O)N2c3nc(-c4cccc(Cl)c4)ccc3N3CC[C@H]2C3)n1. The maximum Gasteiger partial charge on any atom is 0.329 e. The molecule has 3 aromatic rings. The predicted octanol–water partition coefficient (Wildman–Crippen LogP) is 3.77. The smallest absolute Gasteiger partial charge is 0.329 e. The molecule has 0 saturated carbocycles. The number of nitrogens with zero attached hydrogens (tertiary/aromatic N) is 5. The van der Waals surface area contributed by atoms with Crippen LogP contribution in [0.4, 0.5) is 22.1 Å². The first-order chi connectivity index (χ1) is 13.6. The highest BCUT2D eigenvalue weighted by molar-refractivity contribution is 6.30. The van der Waals surface area contributed by atoms with Crippen molar-refractivity contribution in [2.75, 3.05) is 28.2 Å². The van der Waals surface area contributed by atoms with Crippen molar-refractivity contribution in [1.82, 2.24) is 14.8 Å². The van der Waals surface area contributed by atoms with Gasteiger partial charge in [-0.25, -0.2) is 9.78 Å². The first kappa shape index (κ1) is 17.1. The van der Waals surface area contributed by atoms with Gasteiger partial charge in [0, 0.05) is 43.0 Å². The Bertz CT molecular complexity index is 1060. The van der Waals surface area contributed by atoms with Crippen LogP contribution < -0.4 is 15.1 Å². The average Bonchev–Trinajstić information content (AvgIpc) is 3.28. The van der Waals surface area contributed by atoms with Crippen LogP contribution in [0.5, 0.6) is 0 Å². The van der Waals surface area contributed by atoms with Crippen molar-refractivity contribution in [1.29, 1.82) is 0 Å². The van der Waals surface area contributed by atoms with Gasteiger partial charge in [-0.2, -0.15) is 5.10 Å². The number of anilines is 3. The van der Waals surface area contributed by atoms with Crippen LogP contribution >= 0.6 is 11.6 Å². The minimum absolute atomic E-state index is 0.0957. The Labute approximate surface area is 167 Å². The van der Waals surface area contributed by atoms with Gasteiger partial charge in [-0.1, -0.05) is 23.7 Å². The molecule has 2 amide bonds. The highest BCUT2D eigenvalue weighted by atomic mass is 35.5. The quantitative estimate of drug-likeness (QED) is 0.718. The number of halogens is 1. The van der Waals surface area contributed by atoms with Crippen molar-refractivity contribution in [3.63, 3.8) is 0 Å². The minimum atomic E-state index is -0.206. The second-order valence-electron chi connectivity index (χ2n) is 7.11. The van der Waals surface area contributed by atoms with Crippen LogP contribution in [0.25, 0.3) is 11.3 Å². The number of amides is 2. The van der Waals surface area contributed by atoms with Crippen molar-refractivity contribution in [3.8, 4) is 11.3 Å². The van der Waals surface area contributed by atoms with E-state index in [-0.39, 0.29) is 12.1 Å². The van der Waals surface area contributed by atoms with E-state index in [1.807, 2.05) is 43.4 Å². The number of hydrogen-bond acceptors (Lipinski definition) is 4. The number of hydrogen-bond donors (Lipinski definition) is 1. The first-order valence-electron chi connectivity index (χ1n) is 9.20. The molecule has 0 unspecified atom stereocenters. The van der Waals surface area contributed by atoms with Crippen LogP contribution in [0.3, 0.4) is 0 Å². The molecule has 1 fully saturated rings. The lowest BCUT2D eigenvalue weighted by Crippen LogP contribution is -2.48. The van der Waals surface area contributed by atoms with Crippen LogP contribution in [0.1, 0.15) is 6.42 Å². The molecule has 7 nitrogen and oxygen atoms in total. The van der Waals surface area contributed by atoms with Crippen LogP contribution in [0.15, 0.2) is 48.7 Å². The normalized spacial score (nSPS) is 17.6. The number of aromatic nitrogens is 3. The number of aryl methyl sites for hydroxylation is 1. The fraction of sp³-hybridized carbons (Fsp3) is 0.250. The third kappa shape index (κ3) is 2.88. The summed E-state index contributed by atoms with van der Waals surface area (Å²) in [5.74, 6) is 1.21. The van der Waals surface area contributed by atoms with Gasteiger partial charge in [0.25, 0.3) is 0 Å². The molecule has 0 aliphatic carbocycles. The number of rotatable bonds is 2. The fourth-order valence-corrected chi connectivity index (χ4v) is 4.12. The van der Waals surface area contributed by atoms with E-state index in [2.05, 4.69) is 15.3 Å². The van der Waals surface area contributed by atoms with E-state index < -0.39 is 0 Å². The lowest BCUT2D eigenvalue weighted by Gasteiger charge is -2.35. The molecule has 2 aliphatic heterocycles. The lowest BCUT2D eigenvalue weighted by molar-refractivity contribution is 0.254. The summed E-state index contributed by atoms with van der Waals surface area (Å²) in [6.45, 7) is 1.74. The summed E-state index contributed by atoms with van der Waals surface area (Å²) in [4.78, 5) is 22.0. The van der Waals surface area contributed by atoms with Crippen molar-refractivity contribution in [2.24, 2.45) is 7.05 Å². The Morgan fingerprint density at radius 1 is 1.25 bits per heavy atom. The highest BCUT2D eigenvalue weighted by Gasteiger charge is 2.40. The van der Waals surface area contributed by atoms with Gasteiger partial charge in [-0.3, -0.25) is 14.9 Å². The molecule has 0 spiro atoms. The van der Waals surface area contributed by atoms with E-state index in [1.54, 1.807) is 21.8 Å². The van der Waals surface area contributed by atoms with E-state index in [0.29, 0.717) is 16.7 Å². The van der Waals surface area contributed by atoms with Gasteiger partial charge < -0.3 is 4.90 Å². The summed E-state index contributed by atoms with van der Waals surface area (Å²) < 4.78 is 1.66. The van der Waals surface area contributed by atoms with Gasteiger partial charge in [0.1, 0.15) is 0 Å². The van der Waals surface area contributed by atoms with E-state index in [0.717, 1.165) is 36.5 Å². The molecule has 1 saturated heterocycles. The second kappa shape index (κ2) is 6.53. The van der Waals surface area contributed by atoms with Crippen LogP contribution in [-0.4, -0.2) is 39.9 Å². The number of urea groups is 1. The number of pyridine rings is 1. The number of carbonyl (C=O) groups excluding carboxylic acids is 1. The Hall–Kier alpha value is -3.06. The average molecular weight is 395 g/mol. The standard InChI is InChI=1S/C20H19ClN6O/c1-25-9-8-18(24-25)23-20(28)27-15-7-10-26(12-15)17-6-5-16(22-19(17)27)13-3-2-4-14(21)11-13/h2-6,8-9,11,15H,7,10,12H2,1H3,(H,23,24,28)/t15-/m0/s1. The lowest BCUT2D eigenvalue weighted by atomic mass is 10.1. The van der Waals surface area contributed by atoms with Crippen molar-refractivity contribution >= 4 is 35.0 Å². The Balaban J connectivity index is 1.54. The number of fused-ring (bicyclic) bond motifs is 4. The molecule has 1 aromatic carbocycles. The van der Waals surface area contributed by atoms with Gasteiger partial charge >= 0.3 is 6.03 Å². The molecular formula is C20H19ClN6O. The maximum atomic E-state index is 13.1. The third-order valence-corrected chi connectivity index (χ3v) is 5.47. The summed E-state index contributed by atoms with van der Waals surface area (Å²) in [6.07, 6.45) is 2.71. The van der Waals surface area contributed by atoms with Crippen molar-refractivity contribution < 1.29 is 4.79 Å². The maximum absolute atomic E-state index is 13.1. The Kier molecular flexibility index (Phi) is 3.98. The zero-order valence-corrected chi connectivity index (χ0v) is 16.1. The van der Waals surface area contributed by atoms with Crippen LogP contribution in [0.2, 0.25) is 5.02 Å². The predicted molar refractivity (Wildman–Crippen MR) is 110 cm³/mol. The summed E-state index contributed by atoms with van der Waals surface area (Å²) in [5.41, 5.74) is 2.70. The summed E-state index contributed by atoms with van der Waals surface area (Å²) >= 11 is 6.15. The second-order valence-corrected chi connectivity index (χ2v) is 7.55. The molecule has 5 rings (SSSR count). The molecule has 4 heterocycles. The summed E-state index contributed by atoms with van der Waals surface area (Å²) in [5, 5.41) is 7.81. The zero-order valence-electron chi connectivity index (χ0n) is 15.3. The number of carbonyl (C=O) groups is 1. The van der Waals surface area contributed by atoms with E-state index >= 15 is 0 Å². The zero-order chi connectivity index (χ0) is 19.3. The van der Waals surface area contributed by atoms with Gasteiger partial charge in [0.2, 0.25) is 0 Å². The Morgan fingerprint density at radius 2 is 2.14 bits per heavy atom.